The van der Waals surface area contributed by atoms with Crippen molar-refractivity contribution in [2.45, 2.75) is 46.0 Å². The Bertz CT molecular complexity index is 362. The molecule has 0 aromatic heterocycles. The molecule has 0 saturated heterocycles. The molecule has 0 saturated carbocycles. The summed E-state index contributed by atoms with van der Waals surface area (Å²) in [5, 5.41) is 9.58. The van der Waals surface area contributed by atoms with Gasteiger partial charge in [0.2, 0.25) is 0 Å². The molecule has 0 spiro atoms. The number of hydrogen-bond acceptors (Lipinski definition) is 1. The zero-order chi connectivity index (χ0) is 11.8. The Balaban J connectivity index is 3.36. The van der Waals surface area contributed by atoms with E-state index in [-0.39, 0.29) is 17.1 Å². The lowest BCUT2D eigenvalue weighted by Crippen LogP contribution is -2.12. The number of aromatic hydroxyl groups is 1. The minimum atomic E-state index is -0.522. The summed E-state index contributed by atoms with van der Waals surface area (Å²) in [6.45, 7) is 9.98. The number of halogens is 1. The van der Waals surface area contributed by atoms with Crippen LogP contribution in [0.5, 0.6) is 5.75 Å². The summed E-state index contributed by atoms with van der Waals surface area (Å²) >= 11 is 0. The third kappa shape index (κ3) is 2.49. The van der Waals surface area contributed by atoms with E-state index in [0.29, 0.717) is 5.56 Å². The number of hydrogen-bond donors (Lipinski definition) is 1. The first-order chi connectivity index (χ1) is 6.73. The fraction of sp³-hybridized carbons (Fsp3) is 0.538. The van der Waals surface area contributed by atoms with Gasteiger partial charge in [-0.3, -0.25) is 0 Å². The largest absolute Gasteiger partial charge is 0.505 e. The first-order valence-corrected chi connectivity index (χ1v) is 5.26. The average Bonchev–Trinajstić information content (AvgIpc) is 2.06. The molecule has 0 aliphatic rings. The molecule has 0 bridgehead atoms. The van der Waals surface area contributed by atoms with E-state index >= 15 is 0 Å². The maximum absolute atomic E-state index is 13.5. The molecule has 0 fully saturated rings. The quantitative estimate of drug-likeness (QED) is 0.744. The second-order valence-electron chi connectivity index (χ2n) is 5.30. The summed E-state index contributed by atoms with van der Waals surface area (Å²) in [6, 6.07) is 3.31. The van der Waals surface area contributed by atoms with Crippen molar-refractivity contribution in [1.29, 1.82) is 0 Å². The van der Waals surface area contributed by atoms with Crippen LogP contribution >= 0.6 is 0 Å². The fourth-order valence-electron chi connectivity index (χ4n) is 1.49. The van der Waals surface area contributed by atoms with Crippen LogP contribution in [0.1, 0.15) is 51.7 Å². The van der Waals surface area contributed by atoms with Gasteiger partial charge in [-0.05, 0) is 28.5 Å². The van der Waals surface area contributed by atoms with E-state index in [1.165, 1.54) is 6.07 Å². The molecule has 0 unspecified atom stereocenters. The second kappa shape index (κ2) is 3.84. The van der Waals surface area contributed by atoms with Crippen LogP contribution in [0.3, 0.4) is 0 Å². The van der Waals surface area contributed by atoms with Crippen LogP contribution in [0.15, 0.2) is 12.1 Å². The molecule has 2 heteroatoms. The third-order valence-electron chi connectivity index (χ3n) is 2.58. The van der Waals surface area contributed by atoms with Gasteiger partial charge < -0.3 is 5.11 Å². The summed E-state index contributed by atoms with van der Waals surface area (Å²) in [6.07, 6.45) is 0. The number of rotatable bonds is 1. The lowest BCUT2D eigenvalue weighted by atomic mass is 9.84. The van der Waals surface area contributed by atoms with Gasteiger partial charge in [-0.25, -0.2) is 4.39 Å². The van der Waals surface area contributed by atoms with Crippen LogP contribution in [0, 0.1) is 5.82 Å². The van der Waals surface area contributed by atoms with Gasteiger partial charge in [0.1, 0.15) is 0 Å². The maximum atomic E-state index is 13.5. The Kier molecular flexibility index (Phi) is 3.08. The molecule has 1 N–H and O–H groups in total. The van der Waals surface area contributed by atoms with Crippen molar-refractivity contribution in [3.8, 4) is 5.75 Å². The van der Waals surface area contributed by atoms with Crippen molar-refractivity contribution >= 4 is 0 Å². The molecule has 0 radical (unpaired) electrons. The minimum absolute atomic E-state index is 0.0990. The van der Waals surface area contributed by atoms with Crippen molar-refractivity contribution < 1.29 is 9.50 Å². The lowest BCUT2D eigenvalue weighted by molar-refractivity contribution is 0.420. The van der Waals surface area contributed by atoms with Crippen molar-refractivity contribution in [2.75, 3.05) is 0 Å². The van der Waals surface area contributed by atoms with Gasteiger partial charge in [0.05, 0.1) is 0 Å². The monoisotopic (exact) mass is 210 g/mol. The van der Waals surface area contributed by atoms with Crippen molar-refractivity contribution in [3.63, 3.8) is 0 Å². The van der Waals surface area contributed by atoms with E-state index < -0.39 is 5.82 Å². The SMILES string of the molecule is CC(C)c1cc(C(C)(C)C)cc(F)c1O. The van der Waals surface area contributed by atoms with E-state index in [1.54, 1.807) is 0 Å². The molecule has 0 aliphatic carbocycles. The van der Waals surface area contributed by atoms with Gasteiger partial charge in [-0.1, -0.05) is 40.7 Å². The smallest absolute Gasteiger partial charge is 0.165 e. The zero-order valence-corrected chi connectivity index (χ0v) is 10.1. The summed E-state index contributed by atoms with van der Waals surface area (Å²) in [5.41, 5.74) is 1.50. The highest BCUT2D eigenvalue weighted by Crippen LogP contribution is 2.33. The van der Waals surface area contributed by atoms with Gasteiger partial charge >= 0.3 is 0 Å². The van der Waals surface area contributed by atoms with Crippen LogP contribution < -0.4 is 0 Å². The van der Waals surface area contributed by atoms with E-state index in [0.717, 1.165) is 5.56 Å². The van der Waals surface area contributed by atoms with Crippen LogP contribution in [0.4, 0.5) is 4.39 Å². The summed E-state index contributed by atoms with van der Waals surface area (Å²) in [7, 11) is 0. The summed E-state index contributed by atoms with van der Waals surface area (Å²) in [5.74, 6) is -0.606. The maximum Gasteiger partial charge on any atom is 0.165 e. The average molecular weight is 210 g/mol. The highest BCUT2D eigenvalue weighted by atomic mass is 19.1. The van der Waals surface area contributed by atoms with E-state index in [2.05, 4.69) is 0 Å². The van der Waals surface area contributed by atoms with Crippen LogP contribution in [0.2, 0.25) is 0 Å². The summed E-state index contributed by atoms with van der Waals surface area (Å²) in [4.78, 5) is 0. The molecule has 84 valence electrons. The third-order valence-corrected chi connectivity index (χ3v) is 2.58. The van der Waals surface area contributed by atoms with Gasteiger partial charge in [0.15, 0.2) is 11.6 Å². The standard InChI is InChI=1S/C13H19FO/c1-8(2)10-6-9(13(3,4)5)7-11(14)12(10)15/h6-8,15H,1-5H3. The second-order valence-corrected chi connectivity index (χ2v) is 5.30. The Hall–Kier alpha value is -1.05. The van der Waals surface area contributed by atoms with E-state index in [1.807, 2.05) is 40.7 Å². The van der Waals surface area contributed by atoms with E-state index in [9.17, 15) is 9.50 Å². The molecule has 1 nitrogen and oxygen atoms in total. The first-order valence-electron chi connectivity index (χ1n) is 5.26. The van der Waals surface area contributed by atoms with Crippen LogP contribution in [-0.4, -0.2) is 5.11 Å². The Morgan fingerprint density at radius 2 is 1.73 bits per heavy atom. The lowest BCUT2D eigenvalue weighted by Gasteiger charge is -2.21. The molecule has 0 atom stereocenters. The molecule has 0 amide bonds. The van der Waals surface area contributed by atoms with Crippen LogP contribution in [-0.2, 0) is 5.41 Å². The van der Waals surface area contributed by atoms with Gasteiger partial charge in [0, 0.05) is 0 Å². The summed E-state index contributed by atoms with van der Waals surface area (Å²) < 4.78 is 13.5. The predicted molar refractivity (Wildman–Crippen MR) is 60.9 cm³/mol. The topological polar surface area (TPSA) is 20.2 Å². The number of phenolic OH excluding ortho intramolecular Hbond substituents is 1. The molecular formula is C13H19FO. The zero-order valence-electron chi connectivity index (χ0n) is 10.1. The molecule has 15 heavy (non-hydrogen) atoms. The van der Waals surface area contributed by atoms with Gasteiger partial charge in [-0.2, -0.15) is 0 Å². The van der Waals surface area contributed by atoms with Crippen molar-refractivity contribution in [2.24, 2.45) is 0 Å². The molecular weight excluding hydrogens is 191 g/mol. The molecule has 0 heterocycles. The van der Waals surface area contributed by atoms with E-state index in [4.69, 9.17) is 0 Å². The normalized spacial score (nSPS) is 12.2. The van der Waals surface area contributed by atoms with Crippen molar-refractivity contribution in [3.05, 3.63) is 29.1 Å². The Morgan fingerprint density at radius 1 is 1.20 bits per heavy atom. The van der Waals surface area contributed by atoms with Crippen LogP contribution in [0.25, 0.3) is 0 Å². The van der Waals surface area contributed by atoms with Crippen molar-refractivity contribution in [1.82, 2.24) is 0 Å². The highest BCUT2D eigenvalue weighted by molar-refractivity contribution is 5.41. The Labute approximate surface area is 90.9 Å². The predicted octanol–water partition coefficient (Wildman–Crippen LogP) is 3.95. The van der Waals surface area contributed by atoms with Gasteiger partial charge in [0.25, 0.3) is 0 Å². The molecule has 1 aromatic carbocycles. The molecule has 1 rings (SSSR count). The minimum Gasteiger partial charge on any atom is -0.505 e. The first kappa shape index (κ1) is 12.0. The number of phenols is 1. The Morgan fingerprint density at radius 3 is 2.13 bits per heavy atom. The highest BCUT2D eigenvalue weighted by Gasteiger charge is 2.19. The van der Waals surface area contributed by atoms with Gasteiger partial charge in [-0.15, -0.1) is 0 Å². The molecule has 0 aliphatic heterocycles. The number of benzene rings is 1. The fourth-order valence-corrected chi connectivity index (χ4v) is 1.49. The molecule has 1 aromatic rings.